The van der Waals surface area contributed by atoms with Gasteiger partial charge in [-0.15, -0.1) is 0 Å². The van der Waals surface area contributed by atoms with Gasteiger partial charge in [0.15, 0.2) is 5.78 Å². The predicted molar refractivity (Wildman–Crippen MR) is 78.6 cm³/mol. The summed E-state index contributed by atoms with van der Waals surface area (Å²) >= 11 is 0. The first-order valence-corrected chi connectivity index (χ1v) is 7.97. The maximum atomic E-state index is 12.3. The van der Waals surface area contributed by atoms with Gasteiger partial charge in [-0.25, -0.2) is 13.1 Å². The largest absolute Gasteiger partial charge is 0.465 e. The minimum atomic E-state index is -3.72. The molecule has 0 amide bonds. The summed E-state index contributed by atoms with van der Waals surface area (Å²) in [7, 11) is -3.72. The van der Waals surface area contributed by atoms with E-state index in [4.69, 9.17) is 4.42 Å². The highest BCUT2D eigenvalue weighted by atomic mass is 32.2. The Morgan fingerprint density at radius 1 is 1.24 bits per heavy atom. The fourth-order valence-electron chi connectivity index (χ4n) is 1.93. The van der Waals surface area contributed by atoms with Gasteiger partial charge in [0.2, 0.25) is 10.0 Å². The summed E-state index contributed by atoms with van der Waals surface area (Å²) in [6, 6.07) is 8.96. The number of ketones is 1. The number of carbonyl (C=O) groups excluding carboxylic acids is 1. The van der Waals surface area contributed by atoms with Crippen molar-refractivity contribution < 1.29 is 17.6 Å². The Morgan fingerprint density at radius 2 is 1.95 bits per heavy atom. The fourth-order valence-corrected chi connectivity index (χ4v) is 3.18. The first-order chi connectivity index (χ1) is 9.79. The summed E-state index contributed by atoms with van der Waals surface area (Å²) in [5, 5.41) is 0. The summed E-state index contributed by atoms with van der Waals surface area (Å²) in [4.78, 5) is 11.4. The summed E-state index contributed by atoms with van der Waals surface area (Å²) in [5.74, 6) is 1.08. The molecule has 1 atom stereocenters. The third kappa shape index (κ3) is 3.59. The molecule has 0 aliphatic rings. The molecule has 0 radical (unpaired) electrons. The number of hydrogen-bond acceptors (Lipinski definition) is 4. The zero-order valence-electron chi connectivity index (χ0n) is 12.1. The normalized spacial score (nSPS) is 13.1. The molecule has 6 heteroatoms. The molecular formula is C15H17NO4S. The Balaban J connectivity index is 2.26. The first kappa shape index (κ1) is 15.5. The van der Waals surface area contributed by atoms with Crippen molar-refractivity contribution in [3.63, 3.8) is 0 Å². The number of benzene rings is 1. The number of furan rings is 1. The molecule has 0 saturated carbocycles. The topological polar surface area (TPSA) is 76.4 Å². The second kappa shape index (κ2) is 5.83. The van der Waals surface area contributed by atoms with Crippen LogP contribution in [0.4, 0.5) is 0 Å². The number of nitrogens with one attached hydrogen (secondary N) is 1. The molecule has 0 saturated heterocycles. The second-order valence-corrected chi connectivity index (χ2v) is 6.59. The lowest BCUT2D eigenvalue weighted by Gasteiger charge is -2.12. The standard InChI is InChI=1S/C15H17NO4S/c1-10-7-8-15(20-10)11(2)16-21(18,19)14-6-4-5-13(9-14)12(3)17/h4-9,11,16H,1-3H3. The smallest absolute Gasteiger partial charge is 0.241 e. The Morgan fingerprint density at radius 3 is 2.52 bits per heavy atom. The van der Waals surface area contributed by atoms with Gasteiger partial charge in [0.25, 0.3) is 0 Å². The van der Waals surface area contributed by atoms with E-state index < -0.39 is 16.1 Å². The predicted octanol–water partition coefficient (Wildman–Crippen LogP) is 2.83. The number of hydrogen-bond donors (Lipinski definition) is 1. The van der Waals surface area contributed by atoms with Crippen LogP contribution in [0, 0.1) is 6.92 Å². The quantitative estimate of drug-likeness (QED) is 0.862. The molecule has 5 nitrogen and oxygen atoms in total. The van der Waals surface area contributed by atoms with E-state index in [9.17, 15) is 13.2 Å². The average Bonchev–Trinajstić information content (AvgIpc) is 2.85. The van der Waals surface area contributed by atoms with E-state index in [-0.39, 0.29) is 10.7 Å². The molecule has 0 spiro atoms. The molecular weight excluding hydrogens is 290 g/mol. The molecule has 1 heterocycles. The molecule has 0 aliphatic heterocycles. The minimum absolute atomic E-state index is 0.0605. The Hall–Kier alpha value is -1.92. The number of sulfonamides is 1. The molecule has 0 aliphatic carbocycles. The average molecular weight is 307 g/mol. The highest BCUT2D eigenvalue weighted by Crippen LogP contribution is 2.19. The van der Waals surface area contributed by atoms with Crippen LogP contribution in [0.25, 0.3) is 0 Å². The molecule has 21 heavy (non-hydrogen) atoms. The van der Waals surface area contributed by atoms with E-state index in [1.54, 1.807) is 38.1 Å². The molecule has 2 rings (SSSR count). The van der Waals surface area contributed by atoms with Gasteiger partial charge in [-0.3, -0.25) is 4.79 Å². The van der Waals surface area contributed by atoms with Crippen molar-refractivity contribution in [1.29, 1.82) is 0 Å². The highest BCUT2D eigenvalue weighted by Gasteiger charge is 2.20. The lowest BCUT2D eigenvalue weighted by atomic mass is 10.2. The third-order valence-corrected chi connectivity index (χ3v) is 4.61. The number of aryl methyl sites for hydroxylation is 1. The highest BCUT2D eigenvalue weighted by molar-refractivity contribution is 7.89. The van der Waals surface area contributed by atoms with Gasteiger partial charge in [0, 0.05) is 5.56 Å². The Labute approximate surface area is 124 Å². The van der Waals surface area contributed by atoms with Crippen LogP contribution in [-0.4, -0.2) is 14.2 Å². The summed E-state index contributed by atoms with van der Waals surface area (Å²) in [6.45, 7) is 4.89. The van der Waals surface area contributed by atoms with Crippen molar-refractivity contribution in [1.82, 2.24) is 4.72 Å². The molecule has 112 valence electrons. The van der Waals surface area contributed by atoms with E-state index in [2.05, 4.69) is 4.72 Å². The van der Waals surface area contributed by atoms with E-state index in [0.29, 0.717) is 11.3 Å². The minimum Gasteiger partial charge on any atom is -0.465 e. The van der Waals surface area contributed by atoms with E-state index in [1.165, 1.54) is 19.1 Å². The van der Waals surface area contributed by atoms with Crippen molar-refractivity contribution >= 4 is 15.8 Å². The fraction of sp³-hybridized carbons (Fsp3) is 0.267. The zero-order valence-corrected chi connectivity index (χ0v) is 12.9. The van der Waals surface area contributed by atoms with Gasteiger partial charge >= 0.3 is 0 Å². The second-order valence-electron chi connectivity index (χ2n) is 4.88. The van der Waals surface area contributed by atoms with Gasteiger partial charge in [-0.2, -0.15) is 0 Å². The maximum Gasteiger partial charge on any atom is 0.241 e. The monoisotopic (exact) mass is 307 g/mol. The molecule has 1 unspecified atom stereocenters. The maximum absolute atomic E-state index is 12.3. The van der Waals surface area contributed by atoms with Gasteiger partial charge < -0.3 is 4.42 Å². The molecule has 0 bridgehead atoms. The lowest BCUT2D eigenvalue weighted by Crippen LogP contribution is -2.26. The number of carbonyl (C=O) groups is 1. The third-order valence-electron chi connectivity index (χ3n) is 3.07. The van der Waals surface area contributed by atoms with E-state index >= 15 is 0 Å². The van der Waals surface area contributed by atoms with Crippen LogP contribution >= 0.6 is 0 Å². The number of rotatable bonds is 5. The summed E-state index contributed by atoms with van der Waals surface area (Å²) in [6.07, 6.45) is 0. The van der Waals surface area contributed by atoms with Crippen LogP contribution in [0.1, 0.15) is 41.8 Å². The Bertz CT molecular complexity index is 761. The lowest BCUT2D eigenvalue weighted by molar-refractivity contribution is 0.101. The van der Waals surface area contributed by atoms with Crippen LogP contribution in [0.3, 0.4) is 0 Å². The molecule has 1 N–H and O–H groups in total. The van der Waals surface area contributed by atoms with Crippen LogP contribution < -0.4 is 4.72 Å². The Kier molecular flexibility index (Phi) is 4.29. The van der Waals surface area contributed by atoms with Gasteiger partial charge in [-0.05, 0) is 45.0 Å². The van der Waals surface area contributed by atoms with Crippen LogP contribution in [0.15, 0.2) is 45.7 Å². The SMILES string of the molecule is CC(=O)c1cccc(S(=O)(=O)NC(C)c2ccc(C)o2)c1. The van der Waals surface area contributed by atoms with Crippen molar-refractivity contribution in [2.75, 3.05) is 0 Å². The van der Waals surface area contributed by atoms with Crippen LogP contribution in [0.2, 0.25) is 0 Å². The molecule has 1 aromatic carbocycles. The van der Waals surface area contributed by atoms with Crippen molar-refractivity contribution in [3.05, 3.63) is 53.5 Å². The van der Waals surface area contributed by atoms with Crippen molar-refractivity contribution in [3.8, 4) is 0 Å². The molecule has 2 aromatic rings. The summed E-state index contributed by atoms with van der Waals surface area (Å²) in [5.41, 5.74) is 0.361. The van der Waals surface area contributed by atoms with Gasteiger partial charge in [0.05, 0.1) is 10.9 Å². The van der Waals surface area contributed by atoms with Gasteiger partial charge in [0.1, 0.15) is 11.5 Å². The summed E-state index contributed by atoms with van der Waals surface area (Å²) < 4.78 is 32.6. The molecule has 1 aromatic heterocycles. The van der Waals surface area contributed by atoms with E-state index in [1.807, 2.05) is 0 Å². The first-order valence-electron chi connectivity index (χ1n) is 6.49. The van der Waals surface area contributed by atoms with Crippen molar-refractivity contribution in [2.45, 2.75) is 31.7 Å². The van der Waals surface area contributed by atoms with Crippen LogP contribution in [0.5, 0.6) is 0 Å². The molecule has 0 fully saturated rings. The number of Topliss-reactive ketones (excluding diaryl/α,β-unsaturated/α-hetero) is 1. The van der Waals surface area contributed by atoms with Crippen molar-refractivity contribution in [2.24, 2.45) is 0 Å². The van der Waals surface area contributed by atoms with Crippen LogP contribution in [-0.2, 0) is 10.0 Å². The van der Waals surface area contributed by atoms with E-state index in [0.717, 1.165) is 5.76 Å². The van der Waals surface area contributed by atoms with Gasteiger partial charge in [-0.1, -0.05) is 12.1 Å². The zero-order chi connectivity index (χ0) is 15.6.